The molecule has 0 radical (unpaired) electrons. The van der Waals surface area contributed by atoms with E-state index in [0.29, 0.717) is 11.9 Å². The van der Waals surface area contributed by atoms with Gasteiger partial charge in [0.25, 0.3) is 0 Å². The minimum Gasteiger partial charge on any atom is -0.346 e. The van der Waals surface area contributed by atoms with Crippen LogP contribution in [-0.4, -0.2) is 26.6 Å². The van der Waals surface area contributed by atoms with Crippen LogP contribution in [0.25, 0.3) is 0 Å². The number of anilines is 1. The molecule has 2 N–H and O–H groups in total. The highest BCUT2D eigenvalue weighted by molar-refractivity contribution is 5.92. The minimum atomic E-state index is -0.511. The molecule has 0 spiro atoms. The number of hydrogen-bond acceptors (Lipinski definition) is 4. The lowest BCUT2D eigenvalue weighted by Gasteiger charge is -2.20. The smallest absolute Gasteiger partial charge is 0.226 e. The number of amides is 2. The molecule has 1 aliphatic rings. The highest BCUT2D eigenvalue weighted by atomic mass is 16.2. The molecule has 1 saturated carbocycles. The van der Waals surface area contributed by atoms with Gasteiger partial charge in [0.05, 0.1) is 12.5 Å². The van der Waals surface area contributed by atoms with E-state index in [0.717, 1.165) is 54.7 Å². The Hall–Kier alpha value is -2.70. The van der Waals surface area contributed by atoms with Crippen LogP contribution >= 0.6 is 0 Å². The van der Waals surface area contributed by atoms with Crippen LogP contribution in [0.15, 0.2) is 18.2 Å². The van der Waals surface area contributed by atoms with Crippen molar-refractivity contribution in [2.45, 2.75) is 92.2 Å². The summed E-state index contributed by atoms with van der Waals surface area (Å²) < 4.78 is 2.17. The fraction of sp³-hybridized carbons (Fsp3) is 0.600. The first-order valence-electron chi connectivity index (χ1n) is 11.6. The first-order valence-corrected chi connectivity index (χ1v) is 11.6. The van der Waals surface area contributed by atoms with Gasteiger partial charge in [-0.2, -0.15) is 0 Å². The molecule has 2 aromatic rings. The highest BCUT2D eigenvalue weighted by Crippen LogP contribution is 2.38. The van der Waals surface area contributed by atoms with E-state index in [9.17, 15) is 9.59 Å². The molecular weight excluding hydrogens is 402 g/mol. The Kier molecular flexibility index (Phi) is 7.36. The molecule has 32 heavy (non-hydrogen) atoms. The second-order valence-electron chi connectivity index (χ2n) is 10.3. The molecule has 0 unspecified atom stereocenters. The normalized spacial score (nSPS) is 14.8. The van der Waals surface area contributed by atoms with Crippen LogP contribution in [0.5, 0.6) is 0 Å². The minimum absolute atomic E-state index is 0.111. The van der Waals surface area contributed by atoms with Gasteiger partial charge in [-0.3, -0.25) is 9.59 Å². The van der Waals surface area contributed by atoms with Gasteiger partial charge in [-0.05, 0) is 56.6 Å². The van der Waals surface area contributed by atoms with Gasteiger partial charge < -0.3 is 15.2 Å². The lowest BCUT2D eigenvalue weighted by molar-refractivity contribution is -0.120. The summed E-state index contributed by atoms with van der Waals surface area (Å²) in [5.41, 5.74) is 3.22. The van der Waals surface area contributed by atoms with Crippen molar-refractivity contribution in [3.05, 3.63) is 41.0 Å². The lowest BCUT2D eigenvalue weighted by atomic mass is 9.90. The van der Waals surface area contributed by atoms with Gasteiger partial charge in [0.1, 0.15) is 5.82 Å². The summed E-state index contributed by atoms with van der Waals surface area (Å²) in [7, 11) is 0. The average molecular weight is 440 g/mol. The first-order chi connectivity index (χ1) is 15.0. The van der Waals surface area contributed by atoms with E-state index >= 15 is 0 Å². The Bertz CT molecular complexity index is 969. The maximum atomic E-state index is 12.9. The first kappa shape index (κ1) is 24.0. The van der Waals surface area contributed by atoms with Gasteiger partial charge in [-0.15, -0.1) is 10.2 Å². The quantitative estimate of drug-likeness (QED) is 0.587. The Balaban J connectivity index is 1.77. The molecule has 0 bridgehead atoms. The number of nitrogens with zero attached hydrogens (tertiary/aromatic N) is 3. The summed E-state index contributed by atoms with van der Waals surface area (Å²) >= 11 is 0. The third-order valence-corrected chi connectivity index (χ3v) is 5.77. The summed E-state index contributed by atoms with van der Waals surface area (Å²) in [6.45, 7) is 12.2. The maximum Gasteiger partial charge on any atom is 0.226 e. The number of hydrogen-bond donors (Lipinski definition) is 2. The topological polar surface area (TPSA) is 88.9 Å². The fourth-order valence-electron chi connectivity index (χ4n) is 4.05. The molecule has 174 valence electrons. The van der Waals surface area contributed by atoms with Crippen LogP contribution in [0.4, 0.5) is 5.69 Å². The second kappa shape index (κ2) is 9.84. The summed E-state index contributed by atoms with van der Waals surface area (Å²) in [4.78, 5) is 24.8. The summed E-state index contributed by atoms with van der Waals surface area (Å²) in [6, 6.07) is 5.78. The van der Waals surface area contributed by atoms with Gasteiger partial charge in [-0.1, -0.05) is 38.5 Å². The monoisotopic (exact) mass is 439 g/mol. The second-order valence-corrected chi connectivity index (χ2v) is 10.3. The van der Waals surface area contributed by atoms with Crippen molar-refractivity contribution in [3.63, 3.8) is 0 Å². The summed E-state index contributed by atoms with van der Waals surface area (Å²) in [5.74, 6) is 1.30. The van der Waals surface area contributed by atoms with Gasteiger partial charge in [0.2, 0.25) is 11.8 Å². The third-order valence-electron chi connectivity index (χ3n) is 5.77. The Labute approximate surface area is 191 Å². The number of carbonyl (C=O) groups excluding carboxylic acids is 2. The van der Waals surface area contributed by atoms with E-state index in [-0.39, 0.29) is 23.7 Å². The maximum absolute atomic E-state index is 12.9. The summed E-state index contributed by atoms with van der Waals surface area (Å²) in [5, 5.41) is 14.8. The molecule has 3 rings (SSSR count). The van der Waals surface area contributed by atoms with Crippen LogP contribution in [-0.2, 0) is 16.0 Å². The number of aromatic nitrogens is 3. The molecular formula is C25H37N5O2. The fourth-order valence-corrected chi connectivity index (χ4v) is 4.05. The lowest BCUT2D eigenvalue weighted by Crippen LogP contribution is -2.32. The molecule has 1 heterocycles. The zero-order valence-corrected chi connectivity index (χ0v) is 20.3. The number of nitrogens with one attached hydrogen (secondary N) is 2. The molecule has 1 atom stereocenters. The van der Waals surface area contributed by atoms with Crippen molar-refractivity contribution in [1.29, 1.82) is 0 Å². The average Bonchev–Trinajstić information content (AvgIpc) is 3.42. The van der Waals surface area contributed by atoms with Crippen molar-refractivity contribution in [2.24, 2.45) is 5.41 Å². The van der Waals surface area contributed by atoms with E-state index in [1.807, 2.05) is 32.0 Å². The van der Waals surface area contributed by atoms with E-state index in [2.05, 4.69) is 46.2 Å². The van der Waals surface area contributed by atoms with E-state index < -0.39 is 6.04 Å². The van der Waals surface area contributed by atoms with E-state index in [1.54, 1.807) is 0 Å². The predicted molar refractivity (Wildman–Crippen MR) is 126 cm³/mol. The molecule has 0 saturated heterocycles. The van der Waals surface area contributed by atoms with E-state index in [1.165, 1.54) is 6.92 Å². The Morgan fingerprint density at radius 2 is 1.91 bits per heavy atom. The van der Waals surface area contributed by atoms with Crippen LogP contribution in [0.2, 0.25) is 0 Å². The third kappa shape index (κ3) is 6.65. The summed E-state index contributed by atoms with van der Waals surface area (Å²) in [6.07, 6.45) is 5.26. The van der Waals surface area contributed by atoms with Crippen molar-refractivity contribution in [1.82, 2.24) is 20.1 Å². The van der Waals surface area contributed by atoms with Crippen molar-refractivity contribution >= 4 is 17.5 Å². The SMILES string of the molecule is CC(=O)N[C@@H](CC(=O)Nc1ccc(C)cc1C)c1nnc(CCCC(C)(C)C)n1C1CC1. The van der Waals surface area contributed by atoms with E-state index in [4.69, 9.17) is 0 Å². The van der Waals surface area contributed by atoms with Crippen LogP contribution in [0, 0.1) is 19.3 Å². The Morgan fingerprint density at radius 1 is 1.19 bits per heavy atom. The number of rotatable bonds is 9. The molecule has 1 aromatic carbocycles. The number of carbonyl (C=O) groups is 2. The largest absolute Gasteiger partial charge is 0.346 e. The predicted octanol–water partition coefficient (Wildman–Crippen LogP) is 4.80. The van der Waals surface area contributed by atoms with Gasteiger partial charge in [0.15, 0.2) is 5.82 Å². The van der Waals surface area contributed by atoms with Crippen LogP contribution in [0.1, 0.15) is 94.7 Å². The highest BCUT2D eigenvalue weighted by Gasteiger charge is 2.33. The molecule has 1 aromatic heterocycles. The molecule has 7 heteroatoms. The molecule has 0 aliphatic heterocycles. The molecule has 1 fully saturated rings. The van der Waals surface area contributed by atoms with Crippen LogP contribution in [0.3, 0.4) is 0 Å². The zero-order valence-electron chi connectivity index (χ0n) is 20.3. The van der Waals surface area contributed by atoms with Crippen LogP contribution < -0.4 is 10.6 Å². The molecule has 2 amide bonds. The van der Waals surface area contributed by atoms with Gasteiger partial charge in [-0.25, -0.2) is 0 Å². The Morgan fingerprint density at radius 3 is 2.50 bits per heavy atom. The van der Waals surface area contributed by atoms with Crippen molar-refractivity contribution in [2.75, 3.05) is 5.32 Å². The standard InChI is InChI=1S/C25H37N5O2/c1-16-9-12-20(17(2)14-16)27-23(32)15-21(26-18(3)31)24-29-28-22(30(24)19-10-11-19)8-7-13-25(4,5)6/h9,12,14,19,21H,7-8,10-11,13,15H2,1-6H3,(H,26,31)(H,27,32)/t21-/m0/s1. The number of aryl methyl sites for hydroxylation is 3. The number of benzene rings is 1. The van der Waals surface area contributed by atoms with Crippen molar-refractivity contribution in [3.8, 4) is 0 Å². The zero-order chi connectivity index (χ0) is 23.5. The van der Waals surface area contributed by atoms with Crippen molar-refractivity contribution < 1.29 is 9.59 Å². The van der Waals surface area contributed by atoms with Gasteiger partial charge in [0, 0.05) is 25.1 Å². The van der Waals surface area contributed by atoms with Gasteiger partial charge >= 0.3 is 0 Å². The molecule has 1 aliphatic carbocycles. The molecule has 7 nitrogen and oxygen atoms in total.